The van der Waals surface area contributed by atoms with Gasteiger partial charge in [0.2, 0.25) is 0 Å². The quantitative estimate of drug-likeness (QED) is 0.207. The number of para-hydroxylation sites is 2. The molecule has 4 aromatic rings. The Balaban J connectivity index is 0.00000150. The van der Waals surface area contributed by atoms with Crippen molar-refractivity contribution >= 4 is 56.2 Å². The Hall–Kier alpha value is -2.12. The SMILES string of the molecule is O.Oc1ccc(Nc2nc3ccccc3nc2NSc2ccc(Br)cc2)cc1.[W]. The van der Waals surface area contributed by atoms with Gasteiger partial charge in [-0.1, -0.05) is 28.1 Å². The number of hydrogen-bond acceptors (Lipinski definition) is 6. The predicted molar refractivity (Wildman–Crippen MR) is 118 cm³/mol. The summed E-state index contributed by atoms with van der Waals surface area (Å²) in [4.78, 5) is 10.5. The van der Waals surface area contributed by atoms with Gasteiger partial charge in [-0.2, -0.15) is 0 Å². The van der Waals surface area contributed by atoms with Crippen LogP contribution in [0.25, 0.3) is 11.0 Å². The van der Waals surface area contributed by atoms with E-state index in [1.807, 2.05) is 48.5 Å². The molecule has 0 spiro atoms. The van der Waals surface area contributed by atoms with Crippen LogP contribution in [-0.2, 0) is 21.1 Å². The van der Waals surface area contributed by atoms with Gasteiger partial charge in [0, 0.05) is 36.1 Å². The van der Waals surface area contributed by atoms with E-state index in [-0.39, 0.29) is 32.3 Å². The van der Waals surface area contributed by atoms with Gasteiger partial charge < -0.3 is 20.6 Å². The van der Waals surface area contributed by atoms with Crippen molar-refractivity contribution in [2.24, 2.45) is 0 Å². The molecule has 0 saturated heterocycles. The molecular formula is C20H17BrN4O2SW. The zero-order valence-corrected chi connectivity index (χ0v) is 20.3. The fourth-order valence-corrected chi connectivity index (χ4v) is 3.34. The molecule has 0 saturated carbocycles. The summed E-state index contributed by atoms with van der Waals surface area (Å²) in [6.07, 6.45) is 0. The second-order valence-corrected chi connectivity index (χ2v) is 7.53. The largest absolute Gasteiger partial charge is 0.508 e. The van der Waals surface area contributed by atoms with Crippen molar-refractivity contribution in [3.05, 3.63) is 77.3 Å². The van der Waals surface area contributed by atoms with Crippen molar-refractivity contribution in [2.45, 2.75) is 4.90 Å². The minimum Gasteiger partial charge on any atom is -0.508 e. The molecule has 0 radical (unpaired) electrons. The summed E-state index contributed by atoms with van der Waals surface area (Å²) in [5.74, 6) is 1.47. The van der Waals surface area contributed by atoms with Crippen LogP contribution in [0.3, 0.4) is 0 Å². The average Bonchev–Trinajstić information content (AvgIpc) is 2.69. The number of hydrogen-bond donors (Lipinski definition) is 3. The molecule has 1 aromatic heterocycles. The van der Waals surface area contributed by atoms with E-state index in [1.54, 1.807) is 24.3 Å². The predicted octanol–water partition coefficient (Wildman–Crippen LogP) is 5.13. The Morgan fingerprint density at radius 3 is 2.00 bits per heavy atom. The molecule has 0 bridgehead atoms. The molecule has 3 aromatic carbocycles. The smallest absolute Gasteiger partial charge is 0.180 e. The van der Waals surface area contributed by atoms with E-state index in [9.17, 15) is 5.11 Å². The number of halogens is 1. The van der Waals surface area contributed by atoms with Crippen molar-refractivity contribution in [3.63, 3.8) is 0 Å². The van der Waals surface area contributed by atoms with E-state index in [0.29, 0.717) is 11.6 Å². The van der Waals surface area contributed by atoms with Gasteiger partial charge in [0.15, 0.2) is 11.6 Å². The Labute approximate surface area is 195 Å². The second kappa shape index (κ2) is 10.6. The first kappa shape index (κ1) is 23.2. The topological polar surface area (TPSA) is 102 Å². The van der Waals surface area contributed by atoms with Crippen LogP contribution in [0.5, 0.6) is 5.75 Å². The summed E-state index contributed by atoms with van der Waals surface area (Å²) >= 11 is 4.91. The van der Waals surface area contributed by atoms with Crippen molar-refractivity contribution in [1.29, 1.82) is 0 Å². The molecule has 0 aliphatic rings. The Morgan fingerprint density at radius 2 is 1.38 bits per heavy atom. The zero-order valence-electron chi connectivity index (χ0n) is 15.0. The third kappa shape index (κ3) is 5.93. The molecule has 5 N–H and O–H groups in total. The monoisotopic (exact) mass is 640 g/mol. The minimum atomic E-state index is 0. The molecule has 0 aliphatic carbocycles. The van der Waals surface area contributed by atoms with E-state index in [1.165, 1.54) is 11.9 Å². The third-order valence-electron chi connectivity index (χ3n) is 3.78. The number of aromatic nitrogens is 2. The molecule has 29 heavy (non-hydrogen) atoms. The number of phenolic OH excluding ortho intramolecular Hbond substituents is 1. The maximum atomic E-state index is 9.47. The third-order valence-corrected chi connectivity index (χ3v) is 5.11. The standard InChI is InChI=1S/C20H15BrN4OS.H2O.W/c21-13-5-11-16(12-6-13)27-25-20-19(22-14-7-9-15(26)10-8-14)23-17-3-1-2-4-18(17)24-20;;/h1-12,26H,(H,22,23)(H,24,25);1H2;. The molecule has 0 atom stereocenters. The van der Waals surface area contributed by atoms with Gasteiger partial charge in [0.25, 0.3) is 0 Å². The summed E-state index contributed by atoms with van der Waals surface area (Å²) in [6, 6.07) is 22.6. The molecule has 0 amide bonds. The van der Waals surface area contributed by atoms with Crippen LogP contribution >= 0.6 is 27.9 Å². The molecule has 6 nitrogen and oxygen atoms in total. The maximum absolute atomic E-state index is 9.47. The van der Waals surface area contributed by atoms with Gasteiger partial charge in [0.05, 0.1) is 11.0 Å². The van der Waals surface area contributed by atoms with Crippen LogP contribution in [0.4, 0.5) is 17.3 Å². The van der Waals surface area contributed by atoms with Crippen molar-refractivity contribution in [1.82, 2.24) is 9.97 Å². The van der Waals surface area contributed by atoms with E-state index in [0.717, 1.165) is 26.1 Å². The molecule has 0 unspecified atom stereocenters. The normalized spacial score (nSPS) is 9.97. The van der Waals surface area contributed by atoms with E-state index < -0.39 is 0 Å². The van der Waals surface area contributed by atoms with Crippen LogP contribution in [-0.4, -0.2) is 20.6 Å². The van der Waals surface area contributed by atoms with Crippen LogP contribution < -0.4 is 10.0 Å². The number of aromatic hydroxyl groups is 1. The Bertz CT molecular complexity index is 1080. The zero-order chi connectivity index (χ0) is 18.6. The van der Waals surface area contributed by atoms with Crippen LogP contribution in [0.2, 0.25) is 0 Å². The van der Waals surface area contributed by atoms with E-state index in [4.69, 9.17) is 9.97 Å². The molecule has 0 fully saturated rings. The first-order valence-corrected chi connectivity index (χ1v) is 9.79. The first-order chi connectivity index (χ1) is 13.2. The molecule has 148 valence electrons. The number of benzene rings is 3. The molecule has 0 aliphatic heterocycles. The first-order valence-electron chi connectivity index (χ1n) is 8.19. The van der Waals surface area contributed by atoms with Gasteiger partial charge in [0.1, 0.15) is 5.75 Å². The molecular weight excluding hydrogens is 624 g/mol. The molecule has 9 heteroatoms. The Morgan fingerprint density at radius 1 is 0.793 bits per heavy atom. The van der Waals surface area contributed by atoms with Crippen molar-refractivity contribution in [3.8, 4) is 5.75 Å². The maximum Gasteiger partial charge on any atom is 0.180 e. The number of anilines is 3. The molecule has 4 rings (SSSR count). The minimum absolute atomic E-state index is 0. The number of nitrogens with one attached hydrogen (secondary N) is 2. The summed E-state index contributed by atoms with van der Waals surface area (Å²) in [7, 11) is 0. The van der Waals surface area contributed by atoms with Crippen LogP contribution in [0.15, 0.2) is 82.2 Å². The fraction of sp³-hybridized carbons (Fsp3) is 0. The van der Waals surface area contributed by atoms with E-state index in [2.05, 4.69) is 26.0 Å². The summed E-state index contributed by atoms with van der Waals surface area (Å²) in [6.45, 7) is 0. The number of nitrogens with zero attached hydrogens (tertiary/aromatic N) is 2. The number of rotatable bonds is 5. The van der Waals surface area contributed by atoms with Gasteiger partial charge in [-0.25, -0.2) is 9.97 Å². The van der Waals surface area contributed by atoms with Gasteiger partial charge in [-0.15, -0.1) is 0 Å². The van der Waals surface area contributed by atoms with Gasteiger partial charge in [-0.05, 0) is 72.6 Å². The van der Waals surface area contributed by atoms with Crippen LogP contribution in [0.1, 0.15) is 0 Å². The average molecular weight is 641 g/mol. The number of phenols is 1. The Kier molecular flexibility index (Phi) is 8.46. The van der Waals surface area contributed by atoms with Gasteiger partial charge >= 0.3 is 0 Å². The van der Waals surface area contributed by atoms with Gasteiger partial charge in [-0.3, -0.25) is 0 Å². The van der Waals surface area contributed by atoms with Crippen molar-refractivity contribution in [2.75, 3.05) is 10.0 Å². The molecule has 1 heterocycles. The van der Waals surface area contributed by atoms with Crippen LogP contribution in [0, 0.1) is 0 Å². The van der Waals surface area contributed by atoms with Crippen molar-refractivity contribution < 1.29 is 31.6 Å². The fourth-order valence-electron chi connectivity index (χ4n) is 2.45. The summed E-state index contributed by atoms with van der Waals surface area (Å²) in [5, 5.41) is 12.7. The summed E-state index contributed by atoms with van der Waals surface area (Å²) in [5.41, 5.74) is 2.43. The second-order valence-electron chi connectivity index (χ2n) is 5.74. The summed E-state index contributed by atoms with van der Waals surface area (Å²) < 4.78 is 4.32. The number of fused-ring (bicyclic) bond motifs is 1. The van der Waals surface area contributed by atoms with E-state index >= 15 is 0 Å².